The van der Waals surface area contributed by atoms with Gasteiger partial charge in [0.2, 0.25) is 11.9 Å². The average Bonchev–Trinajstić information content (AvgIpc) is 2.62. The van der Waals surface area contributed by atoms with Crippen molar-refractivity contribution in [2.24, 2.45) is 0 Å². The van der Waals surface area contributed by atoms with Crippen LogP contribution in [-0.4, -0.2) is 21.5 Å². The van der Waals surface area contributed by atoms with Crippen LogP contribution in [0.2, 0.25) is 0 Å². The Kier molecular flexibility index (Phi) is 4.46. The van der Waals surface area contributed by atoms with Crippen LogP contribution in [0.25, 0.3) is 11.0 Å². The Hall–Kier alpha value is -1.38. The Morgan fingerprint density at radius 2 is 2.25 bits per heavy atom. The van der Waals surface area contributed by atoms with E-state index in [1.807, 2.05) is 36.4 Å². The maximum atomic E-state index is 13.6. The molecule has 0 aliphatic carbocycles. The molecule has 7 heteroatoms. The van der Waals surface area contributed by atoms with Gasteiger partial charge in [0.05, 0.1) is 14.6 Å². The molecule has 2 rings (SSSR count). The van der Waals surface area contributed by atoms with Crippen LogP contribution in [0.4, 0.5) is 10.3 Å². The van der Waals surface area contributed by atoms with Crippen molar-refractivity contribution in [2.45, 2.75) is 32.9 Å². The molecule has 0 atom stereocenters. The maximum Gasteiger partial charge on any atom is 0.221 e. The molecule has 0 aliphatic rings. The first-order valence-electron chi connectivity index (χ1n) is 6.28. The highest BCUT2D eigenvalue weighted by Gasteiger charge is 2.13. The number of nitrogen functional groups attached to an aromatic ring is 1. The van der Waals surface area contributed by atoms with Crippen LogP contribution in [-0.2, 0) is 11.3 Å². The fourth-order valence-corrected chi connectivity index (χ4v) is 2.43. The lowest BCUT2D eigenvalue weighted by atomic mass is 10.3. The lowest BCUT2D eigenvalue weighted by molar-refractivity contribution is -0.121. The number of carbonyl (C=O) groups is 1. The van der Waals surface area contributed by atoms with Gasteiger partial charge in [0.15, 0.2) is 0 Å². The number of nitrogens with zero attached hydrogens (tertiary/aromatic N) is 2. The third-order valence-corrected chi connectivity index (χ3v) is 3.66. The zero-order valence-corrected chi connectivity index (χ0v) is 13.4. The number of amides is 1. The van der Waals surface area contributed by atoms with Crippen LogP contribution in [0.5, 0.6) is 0 Å². The van der Waals surface area contributed by atoms with Crippen molar-refractivity contribution in [3.05, 3.63) is 21.5 Å². The number of anilines is 1. The van der Waals surface area contributed by atoms with E-state index in [1.165, 1.54) is 6.07 Å². The van der Waals surface area contributed by atoms with E-state index in [9.17, 15) is 9.18 Å². The second kappa shape index (κ2) is 5.94. The van der Waals surface area contributed by atoms with Crippen molar-refractivity contribution in [1.82, 2.24) is 14.9 Å². The Balaban J connectivity index is 2.23. The number of benzene rings is 1. The molecule has 108 valence electrons. The summed E-state index contributed by atoms with van der Waals surface area (Å²) < 4.78 is 15.8. The Bertz CT molecular complexity index is 653. The molecule has 0 radical (unpaired) electrons. The number of hydrogen-bond acceptors (Lipinski definition) is 3. The molecule has 5 nitrogen and oxygen atoms in total. The summed E-state index contributed by atoms with van der Waals surface area (Å²) in [6.07, 6.45) is 0.279. The van der Waals surface area contributed by atoms with Crippen molar-refractivity contribution >= 4 is 45.5 Å². The third-order valence-electron chi connectivity index (χ3n) is 2.83. The van der Waals surface area contributed by atoms with Crippen molar-refractivity contribution in [1.29, 1.82) is 0 Å². The summed E-state index contributed by atoms with van der Waals surface area (Å²) in [5.41, 5.74) is 7.08. The Morgan fingerprint density at radius 1 is 1.55 bits per heavy atom. The molecule has 0 spiro atoms. The second-order valence-corrected chi connectivity index (χ2v) is 6.01. The minimum absolute atomic E-state index is 0.0627. The van der Waals surface area contributed by atoms with E-state index in [1.54, 1.807) is 10.6 Å². The van der Waals surface area contributed by atoms with E-state index in [2.05, 4.69) is 10.3 Å². The van der Waals surface area contributed by atoms with Gasteiger partial charge in [-0.15, -0.1) is 0 Å². The van der Waals surface area contributed by atoms with Crippen molar-refractivity contribution in [3.63, 3.8) is 0 Å². The van der Waals surface area contributed by atoms with Gasteiger partial charge in [-0.05, 0) is 42.5 Å². The van der Waals surface area contributed by atoms with Crippen LogP contribution in [0.3, 0.4) is 0 Å². The van der Waals surface area contributed by atoms with Gasteiger partial charge in [-0.2, -0.15) is 0 Å². The van der Waals surface area contributed by atoms with Crippen molar-refractivity contribution in [2.75, 3.05) is 5.73 Å². The number of halogens is 2. The second-order valence-electron chi connectivity index (χ2n) is 4.85. The number of carbonyl (C=O) groups excluding carboxylic acids is 1. The molecule has 20 heavy (non-hydrogen) atoms. The molecule has 0 saturated heterocycles. The van der Waals surface area contributed by atoms with Crippen LogP contribution < -0.4 is 11.1 Å². The van der Waals surface area contributed by atoms with E-state index in [-0.39, 0.29) is 24.2 Å². The summed E-state index contributed by atoms with van der Waals surface area (Å²) in [5, 5.41) is 2.80. The normalized spacial score (nSPS) is 11.2. The molecular formula is C13H16FIN4O. The van der Waals surface area contributed by atoms with Gasteiger partial charge in [0.1, 0.15) is 5.82 Å². The number of hydrogen-bond donors (Lipinski definition) is 2. The van der Waals surface area contributed by atoms with E-state index < -0.39 is 0 Å². The molecule has 1 amide bonds. The van der Waals surface area contributed by atoms with Gasteiger partial charge in [-0.3, -0.25) is 4.79 Å². The van der Waals surface area contributed by atoms with Gasteiger partial charge in [0.25, 0.3) is 0 Å². The van der Waals surface area contributed by atoms with Gasteiger partial charge < -0.3 is 15.6 Å². The molecule has 0 unspecified atom stereocenters. The Labute approximate surface area is 129 Å². The number of nitrogens with two attached hydrogens (primary N) is 1. The molecule has 0 saturated carbocycles. The zero-order chi connectivity index (χ0) is 14.9. The number of rotatable bonds is 4. The van der Waals surface area contributed by atoms with E-state index in [4.69, 9.17) is 5.73 Å². The first kappa shape index (κ1) is 15.0. The van der Waals surface area contributed by atoms with Crippen LogP contribution in [0, 0.1) is 9.39 Å². The first-order chi connectivity index (χ1) is 9.38. The summed E-state index contributed by atoms with van der Waals surface area (Å²) in [4.78, 5) is 15.8. The van der Waals surface area contributed by atoms with E-state index >= 15 is 0 Å². The van der Waals surface area contributed by atoms with Gasteiger partial charge in [0, 0.05) is 25.1 Å². The number of imidazole rings is 1. The highest BCUT2D eigenvalue weighted by Crippen LogP contribution is 2.23. The van der Waals surface area contributed by atoms with Crippen molar-refractivity contribution < 1.29 is 9.18 Å². The predicted molar refractivity (Wildman–Crippen MR) is 84.7 cm³/mol. The fourth-order valence-electron chi connectivity index (χ4n) is 1.98. The summed E-state index contributed by atoms with van der Waals surface area (Å²) in [5.74, 6) is -0.0862. The van der Waals surface area contributed by atoms with Crippen LogP contribution in [0.15, 0.2) is 12.1 Å². The topological polar surface area (TPSA) is 72.9 Å². The van der Waals surface area contributed by atoms with Crippen LogP contribution in [0.1, 0.15) is 20.3 Å². The number of aromatic nitrogens is 2. The minimum Gasteiger partial charge on any atom is -0.369 e. The summed E-state index contributed by atoms with van der Waals surface area (Å²) in [6, 6.07) is 3.14. The monoisotopic (exact) mass is 390 g/mol. The van der Waals surface area contributed by atoms with Gasteiger partial charge >= 0.3 is 0 Å². The molecule has 1 aromatic heterocycles. The molecule has 1 aromatic carbocycles. The molecule has 1 heterocycles. The molecule has 2 aromatic rings. The summed E-state index contributed by atoms with van der Waals surface area (Å²) in [6.45, 7) is 4.17. The summed E-state index contributed by atoms with van der Waals surface area (Å²) in [7, 11) is 0. The fraction of sp³-hybridized carbons (Fsp3) is 0.385. The Morgan fingerprint density at radius 3 is 2.90 bits per heavy atom. The summed E-state index contributed by atoms with van der Waals surface area (Å²) >= 11 is 1.91. The quantitative estimate of drug-likeness (QED) is 0.787. The molecule has 0 aliphatic heterocycles. The SMILES string of the molecule is CC(C)NC(=O)CCn1c(N)nc2cc(I)c(F)cc21. The lowest BCUT2D eigenvalue weighted by Gasteiger charge is -2.10. The average molecular weight is 390 g/mol. The number of aryl methyl sites for hydroxylation is 1. The number of nitrogens with one attached hydrogen (secondary N) is 1. The first-order valence-corrected chi connectivity index (χ1v) is 7.36. The van der Waals surface area contributed by atoms with E-state index in [0.717, 1.165) is 0 Å². The smallest absolute Gasteiger partial charge is 0.221 e. The number of fused-ring (bicyclic) bond motifs is 1. The maximum absolute atomic E-state index is 13.6. The largest absolute Gasteiger partial charge is 0.369 e. The van der Waals surface area contributed by atoms with Gasteiger partial charge in [-0.25, -0.2) is 9.37 Å². The molecule has 0 fully saturated rings. The standard InChI is InChI=1S/C13H16FIN4O/c1-7(2)17-12(20)3-4-19-11-5-8(14)9(15)6-10(11)18-13(19)16/h5-7H,3-4H2,1-2H3,(H2,16,18)(H,17,20). The molecule has 3 N–H and O–H groups in total. The highest BCUT2D eigenvalue weighted by atomic mass is 127. The van der Waals surface area contributed by atoms with Crippen molar-refractivity contribution in [3.8, 4) is 0 Å². The minimum atomic E-state index is -0.314. The lowest BCUT2D eigenvalue weighted by Crippen LogP contribution is -2.30. The third kappa shape index (κ3) is 3.20. The predicted octanol–water partition coefficient (Wildman–Crippen LogP) is 2.28. The molecular weight excluding hydrogens is 374 g/mol. The van der Waals surface area contributed by atoms with Crippen LogP contribution >= 0.6 is 22.6 Å². The van der Waals surface area contributed by atoms with E-state index in [0.29, 0.717) is 27.1 Å². The highest BCUT2D eigenvalue weighted by molar-refractivity contribution is 14.1. The van der Waals surface area contributed by atoms with Gasteiger partial charge in [-0.1, -0.05) is 0 Å². The zero-order valence-electron chi connectivity index (χ0n) is 11.3. The molecule has 0 bridgehead atoms.